The van der Waals surface area contributed by atoms with Crippen LogP contribution in [0.15, 0.2) is 54.3 Å². The number of Topliss-reactive ketones (excluding diaryl/α,β-unsaturated/α-hetero) is 1. The molecule has 1 heterocycles. The lowest BCUT2D eigenvalue weighted by molar-refractivity contribution is 0.101. The van der Waals surface area contributed by atoms with Gasteiger partial charge >= 0.3 is 0 Å². The van der Waals surface area contributed by atoms with Crippen molar-refractivity contribution in [3.63, 3.8) is 0 Å². The molecule has 0 saturated carbocycles. The summed E-state index contributed by atoms with van der Waals surface area (Å²) in [6, 6.07) is 14.5. The van der Waals surface area contributed by atoms with Gasteiger partial charge < -0.3 is 14.6 Å². The Balaban J connectivity index is 1.81. The number of hydrogen-bond acceptors (Lipinski definition) is 4. The van der Waals surface area contributed by atoms with Gasteiger partial charge in [-0.05, 0) is 40.6 Å². The first-order valence-electron chi connectivity index (χ1n) is 7.61. The van der Waals surface area contributed by atoms with Gasteiger partial charge in [-0.1, -0.05) is 41.9 Å². The average Bonchev–Trinajstić information content (AvgIpc) is 2.94. The van der Waals surface area contributed by atoms with Crippen LogP contribution in [0.1, 0.15) is 15.9 Å². The molecule has 4 rings (SSSR count). The highest BCUT2D eigenvalue weighted by Gasteiger charge is 2.29. The number of aromatic hydroxyl groups is 1. The Labute approximate surface area is 148 Å². The summed E-state index contributed by atoms with van der Waals surface area (Å²) < 4.78 is 10.8. The molecule has 1 N–H and O–H groups in total. The SMILES string of the molecule is COc1cc(/C=C2\Oc3ccc4ccccc4c3C2=O)cc(Cl)c1O. The average molecular weight is 353 g/mol. The predicted molar refractivity (Wildman–Crippen MR) is 96.6 cm³/mol. The molecule has 0 unspecified atom stereocenters. The van der Waals surface area contributed by atoms with Crippen LogP contribution in [0.5, 0.6) is 17.2 Å². The van der Waals surface area contributed by atoms with E-state index in [2.05, 4.69) is 0 Å². The number of allylic oxidation sites excluding steroid dienone is 1. The van der Waals surface area contributed by atoms with Crippen LogP contribution < -0.4 is 9.47 Å². The van der Waals surface area contributed by atoms with Gasteiger partial charge in [0.25, 0.3) is 0 Å². The minimum absolute atomic E-state index is 0.139. The van der Waals surface area contributed by atoms with Crippen molar-refractivity contribution in [1.82, 2.24) is 0 Å². The molecule has 0 fully saturated rings. The van der Waals surface area contributed by atoms with Gasteiger partial charge in [0.15, 0.2) is 17.3 Å². The molecule has 0 spiro atoms. The van der Waals surface area contributed by atoms with Crippen LogP contribution in [-0.2, 0) is 0 Å². The number of halogens is 1. The van der Waals surface area contributed by atoms with Crippen molar-refractivity contribution in [3.05, 3.63) is 70.4 Å². The number of phenolic OH excluding ortho intramolecular Hbond substituents is 1. The normalized spacial score (nSPS) is 14.6. The Morgan fingerprint density at radius 2 is 1.96 bits per heavy atom. The Morgan fingerprint density at radius 3 is 2.76 bits per heavy atom. The molecule has 1 aliphatic rings. The number of hydrogen-bond donors (Lipinski definition) is 1. The number of carbonyl (C=O) groups is 1. The summed E-state index contributed by atoms with van der Waals surface area (Å²) in [5.41, 5.74) is 1.15. The fourth-order valence-electron chi connectivity index (χ4n) is 2.94. The first-order chi connectivity index (χ1) is 12.1. The van der Waals surface area contributed by atoms with Crippen molar-refractivity contribution in [1.29, 1.82) is 0 Å². The van der Waals surface area contributed by atoms with E-state index in [4.69, 9.17) is 21.1 Å². The molecule has 3 aromatic carbocycles. The van der Waals surface area contributed by atoms with E-state index >= 15 is 0 Å². The molecule has 1 aliphatic heterocycles. The number of rotatable bonds is 2. The zero-order chi connectivity index (χ0) is 17.6. The van der Waals surface area contributed by atoms with Crippen LogP contribution in [0.25, 0.3) is 16.8 Å². The van der Waals surface area contributed by atoms with Gasteiger partial charge in [0, 0.05) is 0 Å². The van der Waals surface area contributed by atoms with E-state index in [0.29, 0.717) is 16.9 Å². The summed E-state index contributed by atoms with van der Waals surface area (Å²) in [6.07, 6.45) is 1.59. The Hall–Kier alpha value is -2.98. The van der Waals surface area contributed by atoms with E-state index in [1.165, 1.54) is 7.11 Å². The summed E-state index contributed by atoms with van der Waals surface area (Å²) >= 11 is 6.00. The fraction of sp³-hybridized carbons (Fsp3) is 0.0500. The molecule has 0 radical (unpaired) electrons. The molecule has 4 nitrogen and oxygen atoms in total. The largest absolute Gasteiger partial charge is 0.503 e. The van der Waals surface area contributed by atoms with Crippen LogP contribution >= 0.6 is 11.6 Å². The molecular formula is C20H13ClO4. The summed E-state index contributed by atoms with van der Waals surface area (Å²) in [6.45, 7) is 0. The lowest BCUT2D eigenvalue weighted by atomic mass is 10.0. The van der Waals surface area contributed by atoms with E-state index in [1.807, 2.05) is 30.3 Å². The molecule has 124 valence electrons. The fourth-order valence-corrected chi connectivity index (χ4v) is 3.16. The monoisotopic (exact) mass is 352 g/mol. The summed E-state index contributed by atoms with van der Waals surface area (Å²) in [5, 5.41) is 11.8. The Bertz CT molecular complexity index is 1050. The van der Waals surface area contributed by atoms with Gasteiger partial charge in [0.2, 0.25) is 5.78 Å². The van der Waals surface area contributed by atoms with E-state index < -0.39 is 0 Å². The summed E-state index contributed by atoms with van der Waals surface area (Å²) in [4.78, 5) is 12.8. The zero-order valence-corrected chi connectivity index (χ0v) is 14.0. The van der Waals surface area contributed by atoms with Gasteiger partial charge in [-0.15, -0.1) is 0 Å². The molecule has 0 atom stereocenters. The van der Waals surface area contributed by atoms with E-state index in [-0.39, 0.29) is 28.1 Å². The molecule has 5 heteroatoms. The second kappa shape index (κ2) is 5.83. The van der Waals surface area contributed by atoms with Crippen LogP contribution in [0.3, 0.4) is 0 Å². The van der Waals surface area contributed by atoms with Crippen molar-refractivity contribution in [2.24, 2.45) is 0 Å². The van der Waals surface area contributed by atoms with Crippen LogP contribution in [0, 0.1) is 0 Å². The first kappa shape index (κ1) is 15.5. The first-order valence-corrected chi connectivity index (χ1v) is 7.99. The second-order valence-electron chi connectivity index (χ2n) is 5.65. The molecule has 0 aliphatic carbocycles. The number of carbonyl (C=O) groups excluding carboxylic acids is 1. The van der Waals surface area contributed by atoms with E-state index in [1.54, 1.807) is 24.3 Å². The highest BCUT2D eigenvalue weighted by molar-refractivity contribution is 6.32. The number of phenols is 1. The molecule has 0 bridgehead atoms. The maximum Gasteiger partial charge on any atom is 0.232 e. The van der Waals surface area contributed by atoms with Crippen molar-refractivity contribution in [2.75, 3.05) is 7.11 Å². The smallest absolute Gasteiger partial charge is 0.232 e. The quantitative estimate of drug-likeness (QED) is 0.671. The van der Waals surface area contributed by atoms with Gasteiger partial charge in [-0.3, -0.25) is 4.79 Å². The molecule has 0 aromatic heterocycles. The van der Waals surface area contributed by atoms with Gasteiger partial charge in [0.05, 0.1) is 17.7 Å². The van der Waals surface area contributed by atoms with Gasteiger partial charge in [-0.2, -0.15) is 0 Å². The predicted octanol–water partition coefficient (Wildman–Crippen LogP) is 4.82. The molecule has 25 heavy (non-hydrogen) atoms. The molecular weight excluding hydrogens is 340 g/mol. The van der Waals surface area contributed by atoms with Gasteiger partial charge in [0.1, 0.15) is 5.75 Å². The Kier molecular flexibility index (Phi) is 3.62. The summed E-state index contributed by atoms with van der Waals surface area (Å²) in [7, 11) is 1.43. The van der Waals surface area contributed by atoms with Crippen molar-refractivity contribution >= 4 is 34.2 Å². The standard InChI is InChI=1S/C20H13ClO4/c1-24-16-9-11(8-14(21)19(16)22)10-17-20(23)18-13-5-3-2-4-12(13)6-7-15(18)25-17/h2-10,22H,1H3/b17-10-. The maximum atomic E-state index is 12.8. The maximum absolute atomic E-state index is 12.8. The van der Waals surface area contributed by atoms with Crippen LogP contribution in [-0.4, -0.2) is 18.0 Å². The number of ketones is 1. The third-order valence-corrected chi connectivity index (χ3v) is 4.42. The lowest BCUT2D eigenvalue weighted by Crippen LogP contribution is -1.99. The second-order valence-corrected chi connectivity index (χ2v) is 6.06. The van der Waals surface area contributed by atoms with E-state index in [9.17, 15) is 9.90 Å². The third kappa shape index (κ3) is 2.51. The topological polar surface area (TPSA) is 55.8 Å². The van der Waals surface area contributed by atoms with Gasteiger partial charge in [-0.25, -0.2) is 0 Å². The van der Waals surface area contributed by atoms with Crippen LogP contribution in [0.4, 0.5) is 0 Å². The van der Waals surface area contributed by atoms with Crippen molar-refractivity contribution < 1.29 is 19.4 Å². The van der Waals surface area contributed by atoms with E-state index in [0.717, 1.165) is 10.8 Å². The zero-order valence-electron chi connectivity index (χ0n) is 13.2. The minimum Gasteiger partial charge on any atom is -0.503 e. The number of ether oxygens (including phenoxy) is 2. The number of benzene rings is 3. The molecule has 0 saturated heterocycles. The molecule has 0 amide bonds. The minimum atomic E-state index is -0.185. The van der Waals surface area contributed by atoms with Crippen LogP contribution in [0.2, 0.25) is 5.02 Å². The van der Waals surface area contributed by atoms with Crippen molar-refractivity contribution in [3.8, 4) is 17.2 Å². The number of fused-ring (bicyclic) bond motifs is 3. The number of methoxy groups -OCH3 is 1. The third-order valence-electron chi connectivity index (χ3n) is 4.13. The van der Waals surface area contributed by atoms with Crippen molar-refractivity contribution in [2.45, 2.75) is 0 Å². The highest BCUT2D eigenvalue weighted by atomic mass is 35.5. The summed E-state index contributed by atoms with van der Waals surface area (Å²) in [5.74, 6) is 0.643. The highest BCUT2D eigenvalue weighted by Crippen LogP contribution is 2.39. The molecule has 3 aromatic rings. The Morgan fingerprint density at radius 1 is 1.16 bits per heavy atom. The lowest BCUT2D eigenvalue weighted by Gasteiger charge is -2.06.